The number of nitrogens with zero attached hydrogens (tertiary/aromatic N) is 1. The van der Waals surface area contributed by atoms with Gasteiger partial charge in [-0.2, -0.15) is 5.26 Å². The van der Waals surface area contributed by atoms with E-state index >= 15 is 0 Å². The molecule has 0 bridgehead atoms. The fourth-order valence-electron chi connectivity index (χ4n) is 3.46. The molecule has 2 N–H and O–H groups in total. The number of carbonyl (C=O) groups is 1. The van der Waals surface area contributed by atoms with Crippen LogP contribution in [-0.2, 0) is 9.53 Å². The number of ketones is 1. The predicted octanol–water partition coefficient (Wildman–Crippen LogP) is 3.30. The van der Waals surface area contributed by atoms with Crippen molar-refractivity contribution in [1.29, 1.82) is 5.26 Å². The lowest BCUT2D eigenvalue weighted by atomic mass is 9.77. The Morgan fingerprint density at radius 1 is 1.27 bits per heavy atom. The summed E-state index contributed by atoms with van der Waals surface area (Å²) in [6.07, 6.45) is 1.80. The van der Waals surface area contributed by atoms with Crippen LogP contribution in [0.3, 0.4) is 0 Å². The molecule has 1 aliphatic heterocycles. The third-order valence-corrected chi connectivity index (χ3v) is 4.51. The summed E-state index contributed by atoms with van der Waals surface area (Å²) in [5.41, 5.74) is 7.48. The lowest BCUT2D eigenvalue weighted by Crippen LogP contribution is -2.27. The van der Waals surface area contributed by atoms with Gasteiger partial charge in [0.05, 0.1) is 19.1 Å². The quantitative estimate of drug-likeness (QED) is 0.872. The number of carbonyl (C=O) groups excluding carboxylic acids is 1. The first-order valence-corrected chi connectivity index (χ1v) is 8.84. The minimum absolute atomic E-state index is 0.00664. The summed E-state index contributed by atoms with van der Waals surface area (Å²) >= 11 is 0. The lowest BCUT2D eigenvalue weighted by molar-refractivity contribution is -0.116. The molecule has 1 aliphatic carbocycles. The summed E-state index contributed by atoms with van der Waals surface area (Å²) < 4.78 is 17.0. The first-order chi connectivity index (χ1) is 12.6. The van der Waals surface area contributed by atoms with E-state index in [0.717, 1.165) is 12.0 Å². The van der Waals surface area contributed by atoms with Gasteiger partial charge in [-0.1, -0.05) is 6.07 Å². The molecule has 0 spiro atoms. The van der Waals surface area contributed by atoms with Crippen molar-refractivity contribution in [1.82, 2.24) is 0 Å². The van der Waals surface area contributed by atoms with Crippen LogP contribution in [0.5, 0.6) is 11.5 Å². The van der Waals surface area contributed by atoms with Crippen LogP contribution < -0.4 is 15.2 Å². The van der Waals surface area contributed by atoms with Gasteiger partial charge in [0.1, 0.15) is 28.9 Å². The van der Waals surface area contributed by atoms with Crippen molar-refractivity contribution >= 4 is 5.78 Å². The molecule has 3 rings (SSSR count). The summed E-state index contributed by atoms with van der Waals surface area (Å²) in [5.74, 6) is 1.30. The van der Waals surface area contributed by atoms with E-state index in [1.165, 1.54) is 0 Å². The molecule has 0 aromatic heterocycles. The van der Waals surface area contributed by atoms with Crippen molar-refractivity contribution in [3.05, 3.63) is 46.6 Å². The Hall–Kier alpha value is -2.94. The van der Waals surface area contributed by atoms with Gasteiger partial charge in [-0.3, -0.25) is 4.79 Å². The standard InChI is InChI=1S/C20H22N2O4/c1-3-24-12-8-9-13(17(10-12)25-4-2)18-14(11-21)20(22)26-16-7-5-6-15(23)19(16)18/h8-10,18H,3-7,22H2,1-2H3. The van der Waals surface area contributed by atoms with E-state index in [-0.39, 0.29) is 17.2 Å². The number of nitriles is 1. The van der Waals surface area contributed by atoms with Gasteiger partial charge < -0.3 is 19.9 Å². The summed E-state index contributed by atoms with van der Waals surface area (Å²) in [5, 5.41) is 9.66. The minimum Gasteiger partial charge on any atom is -0.494 e. The molecule has 6 nitrogen and oxygen atoms in total. The van der Waals surface area contributed by atoms with Crippen LogP contribution in [0, 0.1) is 11.3 Å². The highest BCUT2D eigenvalue weighted by atomic mass is 16.5. The maximum atomic E-state index is 12.6. The monoisotopic (exact) mass is 354 g/mol. The smallest absolute Gasteiger partial charge is 0.205 e. The third-order valence-electron chi connectivity index (χ3n) is 4.51. The van der Waals surface area contributed by atoms with Crippen LogP contribution in [0.25, 0.3) is 0 Å². The summed E-state index contributed by atoms with van der Waals surface area (Å²) in [6.45, 7) is 4.77. The Morgan fingerprint density at radius 2 is 2.04 bits per heavy atom. The normalized spacial score (nSPS) is 19.6. The van der Waals surface area contributed by atoms with E-state index in [2.05, 4.69) is 6.07 Å². The first kappa shape index (κ1) is 17.9. The molecule has 0 saturated carbocycles. The van der Waals surface area contributed by atoms with Crippen molar-refractivity contribution < 1.29 is 19.0 Å². The summed E-state index contributed by atoms with van der Waals surface area (Å²) in [4.78, 5) is 12.6. The number of ether oxygens (including phenoxy) is 3. The Bertz CT molecular complexity index is 833. The fraction of sp³-hybridized carbons (Fsp3) is 0.400. The summed E-state index contributed by atoms with van der Waals surface area (Å²) in [6, 6.07) is 7.56. The predicted molar refractivity (Wildman–Crippen MR) is 95.3 cm³/mol. The molecule has 1 unspecified atom stereocenters. The highest BCUT2D eigenvalue weighted by molar-refractivity contribution is 5.99. The van der Waals surface area contributed by atoms with E-state index in [1.807, 2.05) is 26.0 Å². The number of hydrogen-bond donors (Lipinski definition) is 1. The molecule has 1 heterocycles. The second-order valence-electron chi connectivity index (χ2n) is 6.10. The number of rotatable bonds is 5. The fourth-order valence-corrected chi connectivity index (χ4v) is 3.46. The van der Waals surface area contributed by atoms with Crippen LogP contribution in [0.1, 0.15) is 44.6 Å². The largest absolute Gasteiger partial charge is 0.494 e. The molecule has 0 saturated heterocycles. The first-order valence-electron chi connectivity index (χ1n) is 8.84. The lowest BCUT2D eigenvalue weighted by Gasteiger charge is -2.31. The molecule has 136 valence electrons. The van der Waals surface area contributed by atoms with E-state index in [1.54, 1.807) is 6.07 Å². The van der Waals surface area contributed by atoms with Gasteiger partial charge in [0.15, 0.2) is 5.78 Å². The average molecular weight is 354 g/mol. The van der Waals surface area contributed by atoms with Crippen molar-refractivity contribution in [2.24, 2.45) is 5.73 Å². The number of benzene rings is 1. The molecule has 6 heteroatoms. The van der Waals surface area contributed by atoms with Gasteiger partial charge in [-0.05, 0) is 26.3 Å². The van der Waals surface area contributed by atoms with Crippen LogP contribution >= 0.6 is 0 Å². The Kier molecular flexibility index (Phi) is 5.17. The van der Waals surface area contributed by atoms with Crippen LogP contribution in [0.15, 0.2) is 41.0 Å². The van der Waals surface area contributed by atoms with Crippen molar-refractivity contribution in [3.8, 4) is 17.6 Å². The maximum absolute atomic E-state index is 12.6. The zero-order valence-electron chi connectivity index (χ0n) is 15.0. The average Bonchev–Trinajstić information content (AvgIpc) is 2.62. The van der Waals surface area contributed by atoms with Crippen molar-refractivity contribution in [2.45, 2.75) is 39.0 Å². The van der Waals surface area contributed by atoms with Gasteiger partial charge >= 0.3 is 0 Å². The molecule has 0 amide bonds. The van der Waals surface area contributed by atoms with Crippen molar-refractivity contribution in [2.75, 3.05) is 13.2 Å². The number of nitrogens with two attached hydrogens (primary N) is 1. The Morgan fingerprint density at radius 3 is 2.73 bits per heavy atom. The topological polar surface area (TPSA) is 94.6 Å². The van der Waals surface area contributed by atoms with Crippen LogP contribution in [0.2, 0.25) is 0 Å². The third kappa shape index (κ3) is 3.13. The van der Waals surface area contributed by atoms with Gasteiger partial charge in [0.25, 0.3) is 0 Å². The van der Waals surface area contributed by atoms with Gasteiger partial charge in [-0.15, -0.1) is 0 Å². The van der Waals surface area contributed by atoms with Gasteiger partial charge in [0.2, 0.25) is 5.88 Å². The number of hydrogen-bond acceptors (Lipinski definition) is 6. The van der Waals surface area contributed by atoms with E-state index < -0.39 is 5.92 Å². The molecule has 1 aromatic carbocycles. The molecule has 1 atom stereocenters. The van der Waals surface area contributed by atoms with Crippen molar-refractivity contribution in [3.63, 3.8) is 0 Å². The zero-order chi connectivity index (χ0) is 18.7. The summed E-state index contributed by atoms with van der Waals surface area (Å²) in [7, 11) is 0. The number of Topliss-reactive ketones (excluding diaryl/α,β-unsaturated/α-hetero) is 1. The van der Waals surface area contributed by atoms with Crippen LogP contribution in [0.4, 0.5) is 0 Å². The molecule has 0 fully saturated rings. The molecule has 1 aromatic rings. The SMILES string of the molecule is CCOc1ccc(C2C(C#N)=C(N)OC3=C2C(=O)CCC3)c(OCC)c1. The molecule has 26 heavy (non-hydrogen) atoms. The van der Waals surface area contributed by atoms with E-state index in [4.69, 9.17) is 19.9 Å². The second-order valence-corrected chi connectivity index (χ2v) is 6.10. The highest BCUT2D eigenvalue weighted by Crippen LogP contribution is 2.46. The Labute approximate surface area is 152 Å². The molecule has 0 radical (unpaired) electrons. The molecular formula is C20H22N2O4. The molecule has 2 aliphatic rings. The number of allylic oxidation sites excluding steroid dienone is 3. The van der Waals surface area contributed by atoms with Gasteiger partial charge in [-0.25, -0.2) is 0 Å². The van der Waals surface area contributed by atoms with Crippen LogP contribution in [-0.4, -0.2) is 19.0 Å². The minimum atomic E-state index is -0.575. The highest BCUT2D eigenvalue weighted by Gasteiger charge is 2.39. The van der Waals surface area contributed by atoms with Gasteiger partial charge in [0, 0.05) is 30.0 Å². The Balaban J connectivity index is 2.17. The van der Waals surface area contributed by atoms with E-state index in [9.17, 15) is 10.1 Å². The molecular weight excluding hydrogens is 332 g/mol. The van der Waals surface area contributed by atoms with E-state index in [0.29, 0.717) is 48.9 Å². The zero-order valence-corrected chi connectivity index (χ0v) is 15.0. The maximum Gasteiger partial charge on any atom is 0.205 e. The second kappa shape index (κ2) is 7.52.